The van der Waals surface area contributed by atoms with Crippen LogP contribution >= 0.6 is 0 Å². The molecule has 4 aromatic rings. The molecule has 4 rings (SSSR count). The molecule has 0 bridgehead atoms. The highest BCUT2D eigenvalue weighted by Gasteiger charge is 2.24. The number of anilines is 1. The predicted molar refractivity (Wildman–Crippen MR) is 125 cm³/mol. The Morgan fingerprint density at radius 3 is 2.58 bits per heavy atom. The number of carbonyl (C=O) groups excluding carboxylic acids is 1. The number of aryl methyl sites for hydroxylation is 1. The van der Waals surface area contributed by atoms with Crippen LogP contribution in [0.15, 0.2) is 59.5 Å². The van der Waals surface area contributed by atoms with E-state index in [0.29, 0.717) is 11.3 Å². The van der Waals surface area contributed by atoms with Crippen molar-refractivity contribution in [2.75, 3.05) is 4.90 Å². The van der Waals surface area contributed by atoms with Crippen LogP contribution in [0.1, 0.15) is 32.9 Å². The summed E-state index contributed by atoms with van der Waals surface area (Å²) in [5.74, 6) is 0.289. The van der Waals surface area contributed by atoms with Crippen molar-refractivity contribution in [3.8, 4) is 0 Å². The summed E-state index contributed by atoms with van der Waals surface area (Å²) in [6.45, 7) is 8.11. The maximum Gasteiger partial charge on any atom is 0.275 e. The second kappa shape index (κ2) is 8.38. The molecule has 2 aromatic heterocycles. The largest absolute Gasteiger partial charge is 0.361 e. The number of fused-ring (bicyclic) bond motifs is 2. The van der Waals surface area contributed by atoms with Gasteiger partial charge in [0.2, 0.25) is 5.91 Å². The fourth-order valence-electron chi connectivity index (χ4n) is 4.34. The second-order valence-corrected chi connectivity index (χ2v) is 8.59. The quantitative estimate of drug-likeness (QED) is 0.497. The summed E-state index contributed by atoms with van der Waals surface area (Å²) in [4.78, 5) is 31.5. The number of hydrogen-bond donors (Lipinski definition) is 1. The molecule has 1 unspecified atom stereocenters. The first-order valence-corrected chi connectivity index (χ1v) is 10.7. The standard InChI is InChI=1S/C25H28N4O2/c1-16(2)13-17(3)29(20-9-10-23-19(14-20)11-12-26-23)24(30)15-28-25(31)22-8-6-5-7-21(22)18(4)27-28/h5-12,14,16-17,26H,13,15H2,1-4H3. The van der Waals surface area contributed by atoms with Crippen LogP contribution in [0, 0.1) is 12.8 Å². The molecule has 0 spiro atoms. The van der Waals surface area contributed by atoms with Gasteiger partial charge in [-0.05, 0) is 56.5 Å². The van der Waals surface area contributed by atoms with E-state index in [9.17, 15) is 9.59 Å². The third-order valence-corrected chi connectivity index (χ3v) is 5.67. The van der Waals surface area contributed by atoms with E-state index in [1.54, 1.807) is 6.07 Å². The Bertz CT molecular complexity index is 1300. The van der Waals surface area contributed by atoms with Gasteiger partial charge in [-0.25, -0.2) is 4.68 Å². The summed E-state index contributed by atoms with van der Waals surface area (Å²) in [6.07, 6.45) is 2.75. The number of H-pyrrole nitrogens is 1. The molecular formula is C25H28N4O2. The van der Waals surface area contributed by atoms with Crippen LogP contribution in [0.2, 0.25) is 0 Å². The molecule has 2 heterocycles. The fourth-order valence-corrected chi connectivity index (χ4v) is 4.34. The van der Waals surface area contributed by atoms with Crippen molar-refractivity contribution >= 4 is 33.3 Å². The van der Waals surface area contributed by atoms with Gasteiger partial charge >= 0.3 is 0 Å². The average Bonchev–Trinajstić information content (AvgIpc) is 3.19. The number of benzene rings is 2. The van der Waals surface area contributed by atoms with Crippen LogP contribution in [-0.2, 0) is 11.3 Å². The van der Waals surface area contributed by atoms with E-state index in [2.05, 4.69) is 30.9 Å². The molecule has 1 N–H and O–H groups in total. The molecule has 160 valence electrons. The lowest BCUT2D eigenvalue weighted by atomic mass is 10.0. The van der Waals surface area contributed by atoms with Crippen LogP contribution < -0.4 is 10.5 Å². The van der Waals surface area contributed by atoms with Gasteiger partial charge in [-0.2, -0.15) is 5.10 Å². The number of nitrogens with zero attached hydrogens (tertiary/aromatic N) is 3. The van der Waals surface area contributed by atoms with Gasteiger partial charge in [-0.3, -0.25) is 9.59 Å². The third-order valence-electron chi connectivity index (χ3n) is 5.67. The lowest BCUT2D eigenvalue weighted by Gasteiger charge is -2.31. The first-order valence-electron chi connectivity index (χ1n) is 10.7. The molecule has 31 heavy (non-hydrogen) atoms. The summed E-state index contributed by atoms with van der Waals surface area (Å²) < 4.78 is 1.30. The van der Waals surface area contributed by atoms with E-state index in [4.69, 9.17) is 0 Å². The van der Waals surface area contributed by atoms with E-state index in [0.717, 1.165) is 34.1 Å². The zero-order valence-electron chi connectivity index (χ0n) is 18.4. The highest BCUT2D eigenvalue weighted by molar-refractivity contribution is 5.96. The summed E-state index contributed by atoms with van der Waals surface area (Å²) >= 11 is 0. The zero-order chi connectivity index (χ0) is 22.1. The molecule has 1 amide bonds. The normalized spacial score (nSPS) is 12.5. The van der Waals surface area contributed by atoms with Crippen LogP contribution in [0.5, 0.6) is 0 Å². The number of aromatic amines is 1. The highest BCUT2D eigenvalue weighted by Crippen LogP contribution is 2.26. The van der Waals surface area contributed by atoms with Crippen LogP contribution in [-0.4, -0.2) is 26.7 Å². The molecule has 0 radical (unpaired) electrons. The van der Waals surface area contributed by atoms with Gasteiger partial charge in [0.15, 0.2) is 0 Å². The van der Waals surface area contributed by atoms with E-state index in [-0.39, 0.29) is 24.1 Å². The lowest BCUT2D eigenvalue weighted by Crippen LogP contribution is -2.43. The summed E-state index contributed by atoms with van der Waals surface area (Å²) in [6, 6.07) is 15.3. The van der Waals surface area contributed by atoms with Crippen molar-refractivity contribution in [3.63, 3.8) is 0 Å². The van der Waals surface area contributed by atoms with Gasteiger partial charge in [0.05, 0.1) is 11.1 Å². The van der Waals surface area contributed by atoms with Crippen LogP contribution in [0.4, 0.5) is 5.69 Å². The van der Waals surface area contributed by atoms with Crippen molar-refractivity contribution in [1.82, 2.24) is 14.8 Å². The Balaban J connectivity index is 1.73. The topological polar surface area (TPSA) is 71.0 Å². The number of aromatic nitrogens is 3. The Labute approximate surface area is 181 Å². The highest BCUT2D eigenvalue weighted by atomic mass is 16.2. The lowest BCUT2D eigenvalue weighted by molar-refractivity contribution is -0.119. The fraction of sp³-hybridized carbons (Fsp3) is 0.320. The zero-order valence-corrected chi connectivity index (χ0v) is 18.4. The van der Waals surface area contributed by atoms with Gasteiger partial charge < -0.3 is 9.88 Å². The van der Waals surface area contributed by atoms with E-state index >= 15 is 0 Å². The van der Waals surface area contributed by atoms with E-state index < -0.39 is 0 Å². The molecule has 0 fully saturated rings. The minimum absolute atomic E-state index is 0.0128. The number of nitrogens with one attached hydrogen (secondary N) is 1. The van der Waals surface area contributed by atoms with E-state index in [1.807, 2.05) is 60.5 Å². The second-order valence-electron chi connectivity index (χ2n) is 8.59. The molecule has 0 saturated carbocycles. The molecule has 0 saturated heterocycles. The van der Waals surface area contributed by atoms with Gasteiger partial charge in [0.1, 0.15) is 6.54 Å². The molecule has 6 heteroatoms. The number of carbonyl (C=O) groups is 1. The molecule has 1 atom stereocenters. The Morgan fingerprint density at radius 2 is 1.84 bits per heavy atom. The minimum atomic E-state index is -0.243. The van der Waals surface area contributed by atoms with Crippen molar-refractivity contribution in [3.05, 3.63) is 70.8 Å². The van der Waals surface area contributed by atoms with Crippen LogP contribution in [0.25, 0.3) is 21.7 Å². The molecule has 0 aliphatic rings. The molecule has 0 aliphatic carbocycles. The van der Waals surface area contributed by atoms with Crippen molar-refractivity contribution < 1.29 is 4.79 Å². The summed E-state index contributed by atoms with van der Waals surface area (Å²) in [5, 5.41) is 6.88. The Hall–Kier alpha value is -3.41. The molecular weight excluding hydrogens is 388 g/mol. The average molecular weight is 417 g/mol. The van der Waals surface area contributed by atoms with E-state index in [1.165, 1.54) is 4.68 Å². The molecule has 6 nitrogen and oxygen atoms in total. The predicted octanol–water partition coefficient (Wildman–Crippen LogP) is 4.65. The van der Waals surface area contributed by atoms with Gasteiger partial charge in [0.25, 0.3) is 5.56 Å². The Morgan fingerprint density at radius 1 is 1.10 bits per heavy atom. The summed E-state index contributed by atoms with van der Waals surface area (Å²) in [5.41, 5.74) is 2.34. The van der Waals surface area contributed by atoms with Gasteiger partial charge in [-0.15, -0.1) is 0 Å². The summed E-state index contributed by atoms with van der Waals surface area (Å²) in [7, 11) is 0. The molecule has 0 aliphatic heterocycles. The first kappa shape index (κ1) is 20.8. The number of rotatable bonds is 6. The smallest absolute Gasteiger partial charge is 0.275 e. The minimum Gasteiger partial charge on any atom is -0.361 e. The van der Waals surface area contributed by atoms with Crippen molar-refractivity contribution in [2.45, 2.75) is 46.7 Å². The molecule has 2 aromatic carbocycles. The number of amides is 1. The van der Waals surface area contributed by atoms with Gasteiger partial charge in [-0.1, -0.05) is 32.0 Å². The first-order chi connectivity index (χ1) is 14.8. The van der Waals surface area contributed by atoms with Crippen LogP contribution in [0.3, 0.4) is 0 Å². The van der Waals surface area contributed by atoms with Crippen molar-refractivity contribution in [1.29, 1.82) is 0 Å². The SMILES string of the molecule is Cc1nn(CC(=O)N(c2ccc3[nH]ccc3c2)C(C)CC(C)C)c(=O)c2ccccc12. The third kappa shape index (κ3) is 4.10. The van der Waals surface area contributed by atoms with Crippen molar-refractivity contribution in [2.24, 2.45) is 5.92 Å². The monoisotopic (exact) mass is 416 g/mol. The Kier molecular flexibility index (Phi) is 5.63. The number of hydrogen-bond acceptors (Lipinski definition) is 3. The maximum absolute atomic E-state index is 13.5. The van der Waals surface area contributed by atoms with Gasteiger partial charge in [0, 0.05) is 34.2 Å². The maximum atomic E-state index is 13.5.